The van der Waals surface area contributed by atoms with Gasteiger partial charge in [0.05, 0.1) is 0 Å². The quantitative estimate of drug-likeness (QED) is 0.593. The molecule has 1 aliphatic heterocycles. The number of benzene rings is 2. The van der Waals surface area contributed by atoms with E-state index < -0.39 is 6.10 Å². The number of ether oxygens (including phenoxy) is 1. The average Bonchev–Trinajstić information content (AvgIpc) is 2.85. The van der Waals surface area contributed by atoms with Gasteiger partial charge in [0.25, 0.3) is 5.91 Å². The Morgan fingerprint density at radius 2 is 1.47 bits per heavy atom. The van der Waals surface area contributed by atoms with E-state index in [2.05, 4.69) is 65.1 Å². The normalized spacial score (nSPS) is 15.3. The summed E-state index contributed by atoms with van der Waals surface area (Å²) in [5.74, 6) is 1.42. The second-order valence-corrected chi connectivity index (χ2v) is 8.64. The van der Waals surface area contributed by atoms with Gasteiger partial charge in [0.15, 0.2) is 6.10 Å². The predicted molar refractivity (Wildman–Crippen MR) is 126 cm³/mol. The zero-order valence-corrected chi connectivity index (χ0v) is 18.9. The summed E-state index contributed by atoms with van der Waals surface area (Å²) in [6.45, 7) is 8.94. The highest BCUT2D eigenvalue weighted by molar-refractivity contribution is 5.81. The Balaban J connectivity index is 1.34. The summed E-state index contributed by atoms with van der Waals surface area (Å²) in [7, 11) is 0. The van der Waals surface area contributed by atoms with Crippen molar-refractivity contribution in [2.24, 2.45) is 0 Å². The van der Waals surface area contributed by atoms with Gasteiger partial charge in [0.2, 0.25) is 5.95 Å². The Morgan fingerprint density at radius 1 is 0.875 bits per heavy atom. The Bertz CT molecular complexity index is 1010. The van der Waals surface area contributed by atoms with Gasteiger partial charge in [-0.1, -0.05) is 56.3 Å². The van der Waals surface area contributed by atoms with Gasteiger partial charge in [0.1, 0.15) is 5.75 Å². The molecule has 0 saturated carbocycles. The second kappa shape index (κ2) is 9.39. The minimum atomic E-state index is -0.539. The van der Waals surface area contributed by atoms with E-state index in [0.717, 1.165) is 0 Å². The molecule has 166 valence electrons. The van der Waals surface area contributed by atoms with E-state index in [1.165, 1.54) is 11.1 Å². The fourth-order valence-corrected chi connectivity index (χ4v) is 4.06. The van der Waals surface area contributed by atoms with Crippen molar-refractivity contribution in [2.75, 3.05) is 31.1 Å². The van der Waals surface area contributed by atoms with Gasteiger partial charge >= 0.3 is 0 Å². The summed E-state index contributed by atoms with van der Waals surface area (Å²) in [6, 6.07) is 20.3. The van der Waals surface area contributed by atoms with E-state index in [4.69, 9.17) is 4.74 Å². The molecule has 0 unspecified atom stereocenters. The molecule has 0 bridgehead atoms. The van der Waals surface area contributed by atoms with Crippen LogP contribution in [0.3, 0.4) is 0 Å². The SMILES string of the molecule is C[C@@H](Oc1ccc(C(C)(C)c2ccccc2)cc1)C(=O)N1CCN(c2ncccn2)CC1. The molecule has 4 rings (SSSR count). The number of rotatable bonds is 6. The molecular weight excluding hydrogens is 400 g/mol. The molecule has 2 aromatic carbocycles. The van der Waals surface area contributed by atoms with Gasteiger partial charge in [-0.2, -0.15) is 0 Å². The maximum absolute atomic E-state index is 12.9. The third kappa shape index (κ3) is 4.74. The van der Waals surface area contributed by atoms with E-state index >= 15 is 0 Å². The lowest BCUT2D eigenvalue weighted by Gasteiger charge is -2.35. The van der Waals surface area contributed by atoms with Gasteiger partial charge in [-0.3, -0.25) is 4.79 Å². The van der Waals surface area contributed by atoms with Gasteiger partial charge in [-0.05, 0) is 36.2 Å². The molecule has 6 nitrogen and oxygen atoms in total. The molecule has 1 aromatic heterocycles. The Labute approximate surface area is 189 Å². The maximum atomic E-state index is 12.9. The number of amides is 1. The van der Waals surface area contributed by atoms with Crippen LogP contribution in [0.1, 0.15) is 31.9 Å². The largest absolute Gasteiger partial charge is 0.481 e. The molecule has 2 heterocycles. The first-order chi connectivity index (χ1) is 15.4. The topological polar surface area (TPSA) is 58.6 Å². The molecule has 32 heavy (non-hydrogen) atoms. The molecule has 6 heteroatoms. The highest BCUT2D eigenvalue weighted by Crippen LogP contribution is 2.32. The third-order valence-electron chi connectivity index (χ3n) is 6.16. The van der Waals surface area contributed by atoms with Crippen molar-refractivity contribution in [2.45, 2.75) is 32.3 Å². The lowest BCUT2D eigenvalue weighted by atomic mass is 9.78. The molecule has 1 fully saturated rings. The lowest BCUT2D eigenvalue weighted by molar-refractivity contribution is -0.138. The van der Waals surface area contributed by atoms with Crippen molar-refractivity contribution in [1.29, 1.82) is 0 Å². The van der Waals surface area contributed by atoms with Gasteiger partial charge in [0, 0.05) is 44.0 Å². The van der Waals surface area contributed by atoms with E-state index in [9.17, 15) is 4.79 Å². The van der Waals surface area contributed by atoms with Crippen LogP contribution < -0.4 is 9.64 Å². The van der Waals surface area contributed by atoms with Gasteiger partial charge < -0.3 is 14.5 Å². The Hall–Kier alpha value is -3.41. The van der Waals surface area contributed by atoms with Crippen molar-refractivity contribution >= 4 is 11.9 Å². The third-order valence-corrected chi connectivity index (χ3v) is 6.16. The van der Waals surface area contributed by atoms with Crippen LogP contribution in [0.25, 0.3) is 0 Å². The molecule has 0 spiro atoms. The summed E-state index contributed by atoms with van der Waals surface area (Å²) < 4.78 is 5.98. The molecular formula is C26H30N4O2. The molecule has 3 aromatic rings. The zero-order chi connectivity index (χ0) is 22.6. The Kier molecular flexibility index (Phi) is 6.40. The summed E-state index contributed by atoms with van der Waals surface area (Å²) in [5, 5.41) is 0. The number of nitrogens with zero attached hydrogens (tertiary/aromatic N) is 4. The standard InChI is InChI=1S/C26H30N4O2/c1-20(24(31)29-16-18-30(19-17-29)25-27-14-7-15-28-25)32-23-12-10-22(11-13-23)26(2,3)21-8-5-4-6-9-21/h4-15,20H,16-19H2,1-3H3/t20-/m1/s1. The van der Waals surface area contributed by atoms with Gasteiger partial charge in [-0.25, -0.2) is 9.97 Å². The zero-order valence-electron chi connectivity index (χ0n) is 18.9. The van der Waals surface area contributed by atoms with Crippen molar-refractivity contribution in [3.63, 3.8) is 0 Å². The van der Waals surface area contributed by atoms with Crippen LogP contribution in [0, 0.1) is 0 Å². The van der Waals surface area contributed by atoms with Crippen LogP contribution >= 0.6 is 0 Å². The summed E-state index contributed by atoms with van der Waals surface area (Å²) >= 11 is 0. The minimum Gasteiger partial charge on any atom is -0.481 e. The monoisotopic (exact) mass is 430 g/mol. The number of hydrogen-bond donors (Lipinski definition) is 0. The second-order valence-electron chi connectivity index (χ2n) is 8.64. The average molecular weight is 431 g/mol. The molecule has 1 saturated heterocycles. The van der Waals surface area contributed by atoms with E-state index in [1.54, 1.807) is 18.5 Å². The van der Waals surface area contributed by atoms with E-state index in [-0.39, 0.29) is 11.3 Å². The van der Waals surface area contributed by atoms with Crippen molar-refractivity contribution in [3.8, 4) is 5.75 Å². The molecule has 0 N–H and O–H groups in total. The number of carbonyl (C=O) groups excluding carboxylic acids is 1. The van der Waals surface area contributed by atoms with Crippen LogP contribution in [0.5, 0.6) is 5.75 Å². The number of carbonyl (C=O) groups is 1. The van der Waals surface area contributed by atoms with Gasteiger partial charge in [-0.15, -0.1) is 0 Å². The first-order valence-electron chi connectivity index (χ1n) is 11.1. The van der Waals surface area contributed by atoms with Crippen LogP contribution in [0.15, 0.2) is 73.1 Å². The fourth-order valence-electron chi connectivity index (χ4n) is 4.06. The van der Waals surface area contributed by atoms with Crippen molar-refractivity contribution in [3.05, 3.63) is 84.2 Å². The fraction of sp³-hybridized carbons (Fsp3) is 0.346. The summed E-state index contributed by atoms with van der Waals surface area (Å²) in [6.07, 6.45) is 2.94. The number of piperazine rings is 1. The van der Waals surface area contributed by atoms with E-state index in [1.807, 2.05) is 30.0 Å². The van der Waals surface area contributed by atoms with Crippen LogP contribution in [0.4, 0.5) is 5.95 Å². The first-order valence-corrected chi connectivity index (χ1v) is 11.1. The molecule has 1 aliphatic rings. The number of anilines is 1. The van der Waals surface area contributed by atoms with Crippen molar-refractivity contribution in [1.82, 2.24) is 14.9 Å². The number of hydrogen-bond acceptors (Lipinski definition) is 5. The maximum Gasteiger partial charge on any atom is 0.263 e. The van der Waals surface area contributed by atoms with Crippen LogP contribution in [-0.4, -0.2) is 53.1 Å². The highest BCUT2D eigenvalue weighted by Gasteiger charge is 2.27. The van der Waals surface area contributed by atoms with Crippen LogP contribution in [-0.2, 0) is 10.2 Å². The number of aromatic nitrogens is 2. The molecule has 0 radical (unpaired) electrons. The van der Waals surface area contributed by atoms with Crippen molar-refractivity contribution < 1.29 is 9.53 Å². The molecule has 0 aliphatic carbocycles. The smallest absolute Gasteiger partial charge is 0.263 e. The van der Waals surface area contributed by atoms with Crippen LogP contribution in [0.2, 0.25) is 0 Å². The lowest BCUT2D eigenvalue weighted by Crippen LogP contribution is -2.52. The predicted octanol–water partition coefficient (Wildman–Crippen LogP) is 3.92. The Morgan fingerprint density at radius 3 is 2.09 bits per heavy atom. The molecule has 1 atom stereocenters. The summed E-state index contributed by atoms with van der Waals surface area (Å²) in [5.41, 5.74) is 2.36. The molecule has 1 amide bonds. The highest BCUT2D eigenvalue weighted by atomic mass is 16.5. The summed E-state index contributed by atoms with van der Waals surface area (Å²) in [4.78, 5) is 25.5. The minimum absolute atomic E-state index is 0.00678. The first kappa shape index (κ1) is 21.8. The van der Waals surface area contributed by atoms with E-state index in [0.29, 0.717) is 37.9 Å².